The maximum Gasteiger partial charge on any atom is 0.166 e. The molecule has 0 bridgehead atoms. The number of hydrogen-bond donors (Lipinski definition) is 1. The Labute approximate surface area is 133 Å². The molecule has 0 aliphatic heterocycles. The number of nitrogens with one attached hydrogen (secondary N) is 1. The lowest BCUT2D eigenvalue weighted by Gasteiger charge is -2.00. The van der Waals surface area contributed by atoms with Gasteiger partial charge in [0.05, 0.1) is 17.1 Å². The molecule has 4 nitrogen and oxygen atoms in total. The molecule has 0 radical (unpaired) electrons. The summed E-state index contributed by atoms with van der Waals surface area (Å²) in [4.78, 5) is 17.1. The molecule has 3 aromatic heterocycles. The lowest BCUT2D eigenvalue weighted by atomic mass is 10.2. The molecule has 5 heteroatoms. The molecule has 0 spiro atoms. The number of thioether (sulfide) groups is 1. The Bertz CT molecular complexity index is 694. The number of imidazole rings is 1. The third kappa shape index (κ3) is 2.90. The number of hydrogen-bond acceptors (Lipinski definition) is 4. The number of aromatic nitrogens is 4. The molecule has 0 saturated heterocycles. The molecule has 1 aliphatic rings. The summed E-state index contributed by atoms with van der Waals surface area (Å²) in [6.07, 6.45) is 6.31. The normalized spacial score (nSPS) is 14.2. The van der Waals surface area contributed by atoms with Crippen LogP contribution < -0.4 is 0 Å². The van der Waals surface area contributed by atoms with Gasteiger partial charge >= 0.3 is 0 Å². The van der Waals surface area contributed by atoms with Gasteiger partial charge in [-0.25, -0.2) is 4.98 Å². The van der Waals surface area contributed by atoms with Crippen LogP contribution in [0.25, 0.3) is 22.8 Å². The fourth-order valence-corrected chi connectivity index (χ4v) is 3.34. The maximum atomic E-state index is 4.76. The minimum absolute atomic E-state index is 0.867. The number of pyridine rings is 2. The number of aromatic amines is 1. The molecule has 110 valence electrons. The van der Waals surface area contributed by atoms with E-state index < -0.39 is 0 Å². The van der Waals surface area contributed by atoms with E-state index in [2.05, 4.69) is 15.0 Å². The third-order valence-electron chi connectivity index (χ3n) is 3.66. The van der Waals surface area contributed by atoms with E-state index >= 15 is 0 Å². The van der Waals surface area contributed by atoms with Gasteiger partial charge in [-0.3, -0.25) is 9.97 Å². The highest BCUT2D eigenvalue weighted by Gasteiger charge is 2.23. The van der Waals surface area contributed by atoms with Gasteiger partial charge in [-0.1, -0.05) is 23.9 Å². The molecule has 1 N–H and O–H groups in total. The summed E-state index contributed by atoms with van der Waals surface area (Å²) in [5.74, 6) is 2.00. The van der Waals surface area contributed by atoms with E-state index in [-0.39, 0.29) is 0 Å². The minimum Gasteiger partial charge on any atom is -0.331 e. The molecule has 3 aromatic rings. The fraction of sp³-hybridized carbons (Fsp3) is 0.235. The van der Waals surface area contributed by atoms with E-state index in [1.165, 1.54) is 12.8 Å². The Morgan fingerprint density at radius 1 is 1.00 bits per heavy atom. The van der Waals surface area contributed by atoms with Gasteiger partial charge in [0.1, 0.15) is 5.69 Å². The smallest absolute Gasteiger partial charge is 0.166 e. The second-order valence-electron chi connectivity index (χ2n) is 5.45. The molecule has 0 atom stereocenters. The van der Waals surface area contributed by atoms with Crippen LogP contribution in [-0.4, -0.2) is 25.7 Å². The Morgan fingerprint density at radius 2 is 1.73 bits per heavy atom. The zero-order valence-electron chi connectivity index (χ0n) is 12.1. The first-order chi connectivity index (χ1) is 10.9. The number of H-pyrrole nitrogens is 1. The fourth-order valence-electron chi connectivity index (χ4n) is 2.29. The molecule has 22 heavy (non-hydrogen) atoms. The van der Waals surface area contributed by atoms with Crippen molar-refractivity contribution in [1.82, 2.24) is 19.9 Å². The van der Waals surface area contributed by atoms with Crippen molar-refractivity contribution in [3.63, 3.8) is 0 Å². The molecular formula is C17H16N4S. The van der Waals surface area contributed by atoms with Crippen LogP contribution in [0.1, 0.15) is 12.8 Å². The molecule has 0 amide bonds. The van der Waals surface area contributed by atoms with Crippen LogP contribution in [0.4, 0.5) is 0 Å². The van der Waals surface area contributed by atoms with Crippen LogP contribution in [0, 0.1) is 5.92 Å². The van der Waals surface area contributed by atoms with Crippen molar-refractivity contribution >= 4 is 11.8 Å². The van der Waals surface area contributed by atoms with Gasteiger partial charge < -0.3 is 4.98 Å². The van der Waals surface area contributed by atoms with Gasteiger partial charge in [0.2, 0.25) is 0 Å². The second-order valence-corrected chi connectivity index (χ2v) is 6.46. The Kier molecular flexibility index (Phi) is 3.64. The highest BCUT2D eigenvalue weighted by atomic mass is 32.2. The van der Waals surface area contributed by atoms with Crippen LogP contribution >= 0.6 is 11.8 Å². The van der Waals surface area contributed by atoms with Crippen molar-refractivity contribution in [3.8, 4) is 22.8 Å². The summed E-state index contributed by atoms with van der Waals surface area (Å²) in [6, 6.07) is 11.8. The summed E-state index contributed by atoms with van der Waals surface area (Å²) in [6.45, 7) is 0. The minimum atomic E-state index is 0.867. The zero-order valence-corrected chi connectivity index (χ0v) is 12.9. The number of rotatable bonds is 5. The second kappa shape index (κ2) is 5.93. The van der Waals surface area contributed by atoms with Gasteiger partial charge in [-0.2, -0.15) is 0 Å². The summed E-state index contributed by atoms with van der Waals surface area (Å²) < 4.78 is 0. The Morgan fingerprint density at radius 3 is 2.36 bits per heavy atom. The van der Waals surface area contributed by atoms with E-state index in [1.54, 1.807) is 24.2 Å². The first-order valence-corrected chi connectivity index (χ1v) is 8.44. The van der Waals surface area contributed by atoms with Crippen LogP contribution in [0.15, 0.2) is 53.9 Å². The van der Waals surface area contributed by atoms with Crippen LogP contribution in [0.2, 0.25) is 0 Å². The standard InChI is InChI=1S/C17H16N4S/c1-3-9-18-13(5-1)15-16(14-6-2-4-10-19-14)21-17(20-15)22-11-12-7-8-12/h1-6,9-10,12H,7-8,11H2,(H,20,21). The lowest BCUT2D eigenvalue weighted by Crippen LogP contribution is -1.88. The van der Waals surface area contributed by atoms with E-state index in [1.807, 2.05) is 36.4 Å². The molecule has 0 unspecified atom stereocenters. The average Bonchev–Trinajstić information content (AvgIpc) is 3.32. The monoisotopic (exact) mass is 308 g/mol. The molecule has 4 rings (SSSR count). The van der Waals surface area contributed by atoms with E-state index in [9.17, 15) is 0 Å². The molecule has 3 heterocycles. The van der Waals surface area contributed by atoms with Crippen LogP contribution in [0.5, 0.6) is 0 Å². The van der Waals surface area contributed by atoms with Gasteiger partial charge in [0.25, 0.3) is 0 Å². The first-order valence-electron chi connectivity index (χ1n) is 7.46. The van der Waals surface area contributed by atoms with Crippen LogP contribution in [0.3, 0.4) is 0 Å². The van der Waals surface area contributed by atoms with Gasteiger partial charge in [-0.15, -0.1) is 0 Å². The predicted molar refractivity (Wildman–Crippen MR) is 88.5 cm³/mol. The summed E-state index contributed by atoms with van der Waals surface area (Å²) in [7, 11) is 0. The van der Waals surface area contributed by atoms with Crippen LogP contribution in [-0.2, 0) is 0 Å². The Balaban J connectivity index is 1.73. The summed E-state index contributed by atoms with van der Waals surface area (Å²) in [5.41, 5.74) is 3.58. The van der Waals surface area contributed by atoms with E-state index in [4.69, 9.17) is 4.98 Å². The van der Waals surface area contributed by atoms with Crippen molar-refractivity contribution in [2.75, 3.05) is 5.75 Å². The molecular weight excluding hydrogens is 292 g/mol. The van der Waals surface area contributed by atoms with Crippen molar-refractivity contribution in [1.29, 1.82) is 0 Å². The summed E-state index contributed by atoms with van der Waals surface area (Å²) in [5, 5.41) is 0.952. The van der Waals surface area contributed by atoms with Crippen molar-refractivity contribution in [3.05, 3.63) is 48.8 Å². The topological polar surface area (TPSA) is 54.5 Å². The number of nitrogens with zero attached hydrogens (tertiary/aromatic N) is 3. The predicted octanol–water partition coefficient (Wildman–Crippen LogP) is 4.04. The SMILES string of the molecule is c1ccc(-c2nc(SCC3CC3)[nH]c2-c2ccccn2)nc1. The van der Waals surface area contributed by atoms with Gasteiger partial charge in [-0.05, 0) is 43.0 Å². The molecule has 1 fully saturated rings. The van der Waals surface area contributed by atoms with Crippen molar-refractivity contribution in [2.45, 2.75) is 18.0 Å². The first kappa shape index (κ1) is 13.5. The largest absolute Gasteiger partial charge is 0.331 e. The van der Waals surface area contributed by atoms with Crippen molar-refractivity contribution < 1.29 is 0 Å². The van der Waals surface area contributed by atoms with E-state index in [0.29, 0.717) is 0 Å². The lowest BCUT2D eigenvalue weighted by molar-refractivity contribution is 0.982. The quantitative estimate of drug-likeness (QED) is 0.723. The highest BCUT2D eigenvalue weighted by Crippen LogP contribution is 2.36. The average molecular weight is 308 g/mol. The third-order valence-corrected chi connectivity index (χ3v) is 4.77. The Hall–Kier alpha value is -2.14. The molecule has 0 aromatic carbocycles. The summed E-state index contributed by atoms with van der Waals surface area (Å²) >= 11 is 1.79. The van der Waals surface area contributed by atoms with Gasteiger partial charge in [0.15, 0.2) is 5.16 Å². The molecule has 1 aliphatic carbocycles. The van der Waals surface area contributed by atoms with E-state index in [0.717, 1.165) is 39.6 Å². The maximum absolute atomic E-state index is 4.76. The highest BCUT2D eigenvalue weighted by molar-refractivity contribution is 7.99. The van der Waals surface area contributed by atoms with Gasteiger partial charge in [0, 0.05) is 18.1 Å². The zero-order chi connectivity index (χ0) is 14.8. The molecule has 1 saturated carbocycles. The van der Waals surface area contributed by atoms with Crippen molar-refractivity contribution in [2.24, 2.45) is 5.92 Å².